The molecule has 2 fully saturated rings. The predicted molar refractivity (Wildman–Crippen MR) is 87.2 cm³/mol. The van der Waals surface area contributed by atoms with E-state index in [0.717, 1.165) is 18.4 Å². The van der Waals surface area contributed by atoms with Crippen LogP contribution < -0.4 is 5.73 Å². The molecule has 2 heteroatoms. The van der Waals surface area contributed by atoms with Crippen molar-refractivity contribution in [2.75, 3.05) is 19.6 Å². The minimum atomic E-state index is 0.118. The lowest BCUT2D eigenvalue weighted by Crippen LogP contribution is -2.52. The van der Waals surface area contributed by atoms with Gasteiger partial charge in [-0.2, -0.15) is 0 Å². The van der Waals surface area contributed by atoms with Gasteiger partial charge < -0.3 is 5.73 Å². The van der Waals surface area contributed by atoms with Gasteiger partial charge in [-0.1, -0.05) is 37.6 Å². The summed E-state index contributed by atoms with van der Waals surface area (Å²) in [7, 11) is 0. The quantitative estimate of drug-likeness (QED) is 0.901. The molecule has 1 aromatic rings. The van der Waals surface area contributed by atoms with Crippen LogP contribution in [0.25, 0.3) is 0 Å². The molecule has 4 rings (SSSR count). The summed E-state index contributed by atoms with van der Waals surface area (Å²) in [4.78, 5) is 2.77. The lowest BCUT2D eigenvalue weighted by Gasteiger charge is -2.47. The van der Waals surface area contributed by atoms with Crippen molar-refractivity contribution in [2.24, 2.45) is 17.6 Å². The highest BCUT2D eigenvalue weighted by Gasteiger charge is 2.48. The summed E-state index contributed by atoms with van der Waals surface area (Å²) in [5.74, 6) is 2.57. The molecule has 1 saturated heterocycles. The lowest BCUT2D eigenvalue weighted by molar-refractivity contribution is 0.0881. The molecule has 2 aliphatic carbocycles. The third kappa shape index (κ3) is 1.99. The number of nitrogens with two attached hydrogens (primary N) is 1. The van der Waals surface area contributed by atoms with Gasteiger partial charge in [0, 0.05) is 19.6 Å². The van der Waals surface area contributed by atoms with E-state index in [-0.39, 0.29) is 5.54 Å². The Hall–Kier alpha value is -0.860. The first-order valence-corrected chi connectivity index (χ1v) is 8.79. The zero-order chi connectivity index (χ0) is 14.4. The van der Waals surface area contributed by atoms with Gasteiger partial charge in [-0.25, -0.2) is 0 Å². The van der Waals surface area contributed by atoms with Crippen LogP contribution in [0.3, 0.4) is 0 Å². The SMILES string of the molecule is CC1CCC(CN)(N2CC3CCCC3C2)c2ccccc21. The minimum absolute atomic E-state index is 0.118. The van der Waals surface area contributed by atoms with Gasteiger partial charge in [-0.05, 0) is 54.6 Å². The van der Waals surface area contributed by atoms with Gasteiger partial charge in [-0.3, -0.25) is 4.90 Å². The van der Waals surface area contributed by atoms with E-state index >= 15 is 0 Å². The van der Waals surface area contributed by atoms with Gasteiger partial charge in [0.1, 0.15) is 0 Å². The molecule has 114 valence electrons. The lowest BCUT2D eigenvalue weighted by atomic mass is 9.71. The molecule has 4 atom stereocenters. The Balaban J connectivity index is 1.72. The normalized spacial score (nSPS) is 39.2. The van der Waals surface area contributed by atoms with Crippen molar-refractivity contribution >= 4 is 0 Å². The zero-order valence-corrected chi connectivity index (χ0v) is 13.2. The molecule has 3 aliphatic rings. The first kappa shape index (κ1) is 13.8. The number of likely N-dealkylation sites (tertiary alicyclic amines) is 1. The molecule has 0 amide bonds. The van der Waals surface area contributed by atoms with Gasteiger partial charge in [0.15, 0.2) is 0 Å². The maximum absolute atomic E-state index is 6.39. The second kappa shape index (κ2) is 5.10. The number of hydrogen-bond donors (Lipinski definition) is 1. The molecule has 2 nitrogen and oxygen atoms in total. The fourth-order valence-electron chi connectivity index (χ4n) is 5.35. The van der Waals surface area contributed by atoms with Crippen LogP contribution in [-0.2, 0) is 5.54 Å². The van der Waals surface area contributed by atoms with Gasteiger partial charge in [0.25, 0.3) is 0 Å². The Morgan fingerprint density at radius 3 is 2.57 bits per heavy atom. The maximum Gasteiger partial charge on any atom is 0.0586 e. The van der Waals surface area contributed by atoms with Gasteiger partial charge in [0.2, 0.25) is 0 Å². The van der Waals surface area contributed by atoms with E-state index < -0.39 is 0 Å². The molecular formula is C19H28N2. The summed E-state index contributed by atoms with van der Waals surface area (Å²) in [6.45, 7) is 5.71. The minimum Gasteiger partial charge on any atom is -0.328 e. The molecule has 0 aromatic heterocycles. The van der Waals surface area contributed by atoms with Crippen LogP contribution in [0.4, 0.5) is 0 Å². The topological polar surface area (TPSA) is 29.3 Å². The molecular weight excluding hydrogens is 256 g/mol. The summed E-state index contributed by atoms with van der Waals surface area (Å²) in [5.41, 5.74) is 9.59. The Morgan fingerprint density at radius 2 is 1.86 bits per heavy atom. The fraction of sp³-hybridized carbons (Fsp3) is 0.684. The number of nitrogens with zero attached hydrogens (tertiary/aromatic N) is 1. The standard InChI is InChI=1S/C19H28N2/c1-14-9-10-19(13-20,18-8-3-2-7-17(14)18)21-11-15-5-4-6-16(15)12-21/h2-3,7-8,14-16H,4-6,9-13,20H2,1H3. The molecule has 1 aromatic carbocycles. The van der Waals surface area contributed by atoms with E-state index in [0.29, 0.717) is 5.92 Å². The van der Waals surface area contributed by atoms with Crippen LogP contribution in [0.2, 0.25) is 0 Å². The van der Waals surface area contributed by atoms with Crippen LogP contribution in [0, 0.1) is 11.8 Å². The summed E-state index contributed by atoms with van der Waals surface area (Å²) >= 11 is 0. The summed E-state index contributed by atoms with van der Waals surface area (Å²) in [6.07, 6.45) is 6.85. The van der Waals surface area contributed by atoms with Crippen LogP contribution in [0.5, 0.6) is 0 Å². The third-order valence-corrected chi connectivity index (χ3v) is 6.65. The van der Waals surface area contributed by atoms with Crippen molar-refractivity contribution in [3.8, 4) is 0 Å². The molecule has 1 aliphatic heterocycles. The van der Waals surface area contributed by atoms with Crippen molar-refractivity contribution in [3.05, 3.63) is 35.4 Å². The van der Waals surface area contributed by atoms with E-state index in [1.807, 2.05) is 0 Å². The first-order valence-electron chi connectivity index (χ1n) is 8.79. The highest BCUT2D eigenvalue weighted by Crippen LogP contribution is 2.49. The molecule has 0 radical (unpaired) electrons. The number of fused-ring (bicyclic) bond motifs is 2. The molecule has 0 bridgehead atoms. The fourth-order valence-corrected chi connectivity index (χ4v) is 5.35. The second-order valence-electron chi connectivity index (χ2n) is 7.62. The molecule has 1 saturated carbocycles. The largest absolute Gasteiger partial charge is 0.328 e. The number of rotatable bonds is 2. The molecule has 2 N–H and O–H groups in total. The van der Waals surface area contributed by atoms with Gasteiger partial charge in [0.05, 0.1) is 5.54 Å². The van der Waals surface area contributed by atoms with Gasteiger partial charge >= 0.3 is 0 Å². The van der Waals surface area contributed by atoms with Crippen LogP contribution in [-0.4, -0.2) is 24.5 Å². The smallest absolute Gasteiger partial charge is 0.0586 e. The summed E-state index contributed by atoms with van der Waals surface area (Å²) < 4.78 is 0. The van der Waals surface area contributed by atoms with Crippen LogP contribution in [0.1, 0.15) is 56.1 Å². The number of benzene rings is 1. The van der Waals surface area contributed by atoms with E-state index in [1.165, 1.54) is 50.8 Å². The predicted octanol–water partition coefficient (Wildman–Crippen LogP) is 3.47. The average molecular weight is 284 g/mol. The van der Waals surface area contributed by atoms with Crippen molar-refractivity contribution in [2.45, 2.75) is 50.5 Å². The van der Waals surface area contributed by atoms with Crippen LogP contribution >= 0.6 is 0 Å². The second-order valence-corrected chi connectivity index (χ2v) is 7.62. The van der Waals surface area contributed by atoms with Crippen molar-refractivity contribution < 1.29 is 0 Å². The highest BCUT2D eigenvalue weighted by atomic mass is 15.2. The van der Waals surface area contributed by atoms with E-state index in [1.54, 1.807) is 5.56 Å². The van der Waals surface area contributed by atoms with Crippen molar-refractivity contribution in [3.63, 3.8) is 0 Å². The zero-order valence-electron chi connectivity index (χ0n) is 13.2. The summed E-state index contributed by atoms with van der Waals surface area (Å²) in [6, 6.07) is 9.09. The summed E-state index contributed by atoms with van der Waals surface area (Å²) in [5, 5.41) is 0. The number of hydrogen-bond acceptors (Lipinski definition) is 2. The van der Waals surface area contributed by atoms with E-state index in [2.05, 4.69) is 36.1 Å². The molecule has 21 heavy (non-hydrogen) atoms. The maximum atomic E-state index is 6.39. The Kier molecular flexibility index (Phi) is 3.35. The first-order chi connectivity index (χ1) is 10.2. The van der Waals surface area contributed by atoms with Crippen molar-refractivity contribution in [1.29, 1.82) is 0 Å². The van der Waals surface area contributed by atoms with E-state index in [4.69, 9.17) is 5.73 Å². The Bertz CT molecular complexity index is 514. The Morgan fingerprint density at radius 1 is 1.14 bits per heavy atom. The van der Waals surface area contributed by atoms with Crippen molar-refractivity contribution in [1.82, 2.24) is 4.90 Å². The molecule has 4 unspecified atom stereocenters. The average Bonchev–Trinajstić information content (AvgIpc) is 3.10. The highest BCUT2D eigenvalue weighted by molar-refractivity contribution is 5.39. The van der Waals surface area contributed by atoms with Crippen LogP contribution in [0.15, 0.2) is 24.3 Å². The van der Waals surface area contributed by atoms with Gasteiger partial charge in [-0.15, -0.1) is 0 Å². The van der Waals surface area contributed by atoms with E-state index in [9.17, 15) is 0 Å². The monoisotopic (exact) mass is 284 g/mol. The molecule has 1 heterocycles. The third-order valence-electron chi connectivity index (χ3n) is 6.65. The molecule has 0 spiro atoms. The Labute approximate surface area is 128 Å².